The summed E-state index contributed by atoms with van der Waals surface area (Å²) in [7, 11) is 6.41. The Bertz CT molecular complexity index is 1420. The van der Waals surface area contributed by atoms with Gasteiger partial charge < -0.3 is 19.7 Å². The molecule has 5 nitrogen and oxygen atoms in total. The first-order valence-corrected chi connectivity index (χ1v) is 18.7. The molecule has 3 aromatic carbocycles. The summed E-state index contributed by atoms with van der Waals surface area (Å²) in [5, 5.41) is 15.8. The lowest BCUT2D eigenvalue weighted by Gasteiger charge is -2.33. The third kappa shape index (κ3) is 14.4. The highest BCUT2D eigenvalue weighted by atomic mass is 16.4. The summed E-state index contributed by atoms with van der Waals surface area (Å²) in [5.74, 6) is -0.840. The topological polar surface area (TPSA) is 69.2 Å². The van der Waals surface area contributed by atoms with Gasteiger partial charge in [0.05, 0.1) is 21.1 Å². The molecule has 0 aromatic heterocycles. The molecule has 1 N–H and O–H groups in total. The van der Waals surface area contributed by atoms with E-state index in [1.54, 1.807) is 0 Å². The van der Waals surface area contributed by atoms with Gasteiger partial charge >= 0.3 is 0 Å². The van der Waals surface area contributed by atoms with Crippen LogP contribution in [0.2, 0.25) is 0 Å². The first-order chi connectivity index (χ1) is 23.2. The van der Waals surface area contributed by atoms with Gasteiger partial charge in [0.1, 0.15) is 0 Å². The van der Waals surface area contributed by atoms with Crippen molar-refractivity contribution >= 4 is 28.2 Å². The Morgan fingerprint density at radius 1 is 0.729 bits per heavy atom. The Morgan fingerprint density at radius 3 is 1.90 bits per heavy atom. The minimum absolute atomic E-state index is 0.0230. The number of unbranched alkanes of at least 4 members (excludes halogenated alkanes) is 13. The Hall–Kier alpha value is -3.44. The van der Waals surface area contributed by atoms with Gasteiger partial charge in [-0.2, -0.15) is 0 Å². The van der Waals surface area contributed by atoms with E-state index in [0.717, 1.165) is 42.1 Å². The van der Waals surface area contributed by atoms with Crippen molar-refractivity contribution in [2.24, 2.45) is 0 Å². The van der Waals surface area contributed by atoms with E-state index in [4.69, 9.17) is 0 Å². The van der Waals surface area contributed by atoms with Crippen molar-refractivity contribution in [3.63, 3.8) is 0 Å². The molecule has 4 rings (SSSR count). The number of aliphatic carboxylic acids is 1. The number of allylic oxidation sites excluding steroid dienone is 1. The number of quaternary nitrogens is 1. The summed E-state index contributed by atoms with van der Waals surface area (Å²) in [6, 6.07) is 22.0. The molecule has 1 atom stereocenters. The molecule has 0 radical (unpaired) electrons. The number of hydrogen-bond donors (Lipinski definition) is 1. The molecular formula is C43H62N2O3. The predicted molar refractivity (Wildman–Crippen MR) is 201 cm³/mol. The van der Waals surface area contributed by atoms with Crippen LogP contribution in [0.15, 0.2) is 72.8 Å². The number of carboxylic acid groups (broad SMARTS) is 1. The van der Waals surface area contributed by atoms with E-state index in [9.17, 15) is 14.7 Å². The quantitative estimate of drug-likeness (QED) is 0.0922. The Balaban J connectivity index is 0.000000368. The Morgan fingerprint density at radius 2 is 1.29 bits per heavy atom. The van der Waals surface area contributed by atoms with E-state index in [-0.39, 0.29) is 18.4 Å². The molecule has 1 unspecified atom stereocenters. The number of likely N-dealkylation sites (N-methyl/N-ethyl adjacent to an activating group) is 1. The second-order valence-corrected chi connectivity index (χ2v) is 14.5. The molecule has 262 valence electrons. The number of carbonyl (C=O) groups excluding carboxylic acids is 2. The van der Waals surface area contributed by atoms with Gasteiger partial charge in [0, 0.05) is 25.4 Å². The van der Waals surface area contributed by atoms with Gasteiger partial charge in [-0.05, 0) is 45.9 Å². The molecular weight excluding hydrogens is 592 g/mol. The SMILES string of the molecule is CCCCCCCCCCCCCCCCNC(=O)C(CC1=CCc2ccccc21)[N+](C)(C)C.O=C([O-])Cc1ccc2ccccc2c1. The van der Waals surface area contributed by atoms with Crippen LogP contribution in [0.3, 0.4) is 0 Å². The molecule has 48 heavy (non-hydrogen) atoms. The smallest absolute Gasteiger partial charge is 0.278 e. The summed E-state index contributed by atoms with van der Waals surface area (Å²) in [6.45, 7) is 3.09. The molecule has 1 amide bonds. The Labute approximate surface area is 291 Å². The van der Waals surface area contributed by atoms with Gasteiger partial charge in [-0.15, -0.1) is 0 Å². The van der Waals surface area contributed by atoms with Gasteiger partial charge in [-0.25, -0.2) is 0 Å². The number of fused-ring (bicyclic) bond motifs is 2. The van der Waals surface area contributed by atoms with Crippen molar-refractivity contribution in [1.82, 2.24) is 5.32 Å². The van der Waals surface area contributed by atoms with Gasteiger partial charge in [-0.1, -0.05) is 163 Å². The van der Waals surface area contributed by atoms with Crippen molar-refractivity contribution < 1.29 is 19.2 Å². The Kier molecular flexibility index (Phi) is 17.5. The third-order valence-electron chi connectivity index (χ3n) is 9.57. The highest BCUT2D eigenvalue weighted by molar-refractivity contribution is 5.85. The lowest BCUT2D eigenvalue weighted by Crippen LogP contribution is -2.54. The van der Waals surface area contributed by atoms with E-state index in [1.807, 2.05) is 42.5 Å². The van der Waals surface area contributed by atoms with Crippen molar-refractivity contribution in [2.75, 3.05) is 27.7 Å². The molecule has 0 saturated carbocycles. The van der Waals surface area contributed by atoms with Crippen LogP contribution < -0.4 is 10.4 Å². The van der Waals surface area contributed by atoms with E-state index in [2.05, 4.69) is 63.7 Å². The standard InChI is InChI=1S/C31H52N2O.C12H10O2/c1-5-6-7-8-9-10-11-12-13-14-15-16-17-20-25-32-31(34)30(33(2,3)4)26-28-24-23-27-21-18-19-22-29(27)28;13-12(14)8-9-5-6-10-3-1-2-4-11(10)7-9/h18-19,21-22,24,30H,5-17,20,23,25-26H2,1-4H3;1-7H,8H2,(H,13,14). The largest absolute Gasteiger partial charge is 0.550 e. The summed E-state index contributed by atoms with van der Waals surface area (Å²) < 4.78 is 0.657. The van der Waals surface area contributed by atoms with Crippen LogP contribution in [-0.2, 0) is 22.4 Å². The fraction of sp³-hybridized carbons (Fsp3) is 0.535. The summed E-state index contributed by atoms with van der Waals surface area (Å²) in [4.78, 5) is 23.5. The van der Waals surface area contributed by atoms with Crippen molar-refractivity contribution in [1.29, 1.82) is 0 Å². The van der Waals surface area contributed by atoms with Crippen LogP contribution in [0.5, 0.6) is 0 Å². The molecule has 0 bridgehead atoms. The molecule has 0 fully saturated rings. The van der Waals surface area contributed by atoms with E-state index >= 15 is 0 Å². The molecule has 5 heteroatoms. The van der Waals surface area contributed by atoms with Crippen LogP contribution >= 0.6 is 0 Å². The second kappa shape index (κ2) is 21.5. The zero-order valence-electron chi connectivity index (χ0n) is 30.4. The number of benzene rings is 3. The lowest BCUT2D eigenvalue weighted by atomic mass is 9.97. The van der Waals surface area contributed by atoms with Gasteiger partial charge in [0.2, 0.25) is 0 Å². The number of hydrogen-bond acceptors (Lipinski definition) is 3. The molecule has 3 aromatic rings. The summed E-state index contributed by atoms with van der Waals surface area (Å²) in [6.07, 6.45) is 23.2. The van der Waals surface area contributed by atoms with Crippen molar-refractivity contribution in [3.8, 4) is 0 Å². The van der Waals surface area contributed by atoms with Crippen LogP contribution in [0.1, 0.15) is 120 Å². The average Bonchev–Trinajstić information content (AvgIpc) is 3.47. The van der Waals surface area contributed by atoms with Gasteiger partial charge in [0.25, 0.3) is 5.91 Å². The lowest BCUT2D eigenvalue weighted by molar-refractivity contribution is -0.886. The van der Waals surface area contributed by atoms with E-state index in [0.29, 0.717) is 4.48 Å². The molecule has 0 saturated heterocycles. The number of nitrogens with one attached hydrogen (secondary N) is 1. The molecule has 0 aliphatic heterocycles. The monoisotopic (exact) mass is 654 g/mol. The first-order valence-electron chi connectivity index (χ1n) is 18.7. The van der Waals surface area contributed by atoms with E-state index < -0.39 is 5.97 Å². The number of amides is 1. The highest BCUT2D eigenvalue weighted by Gasteiger charge is 2.33. The second-order valence-electron chi connectivity index (χ2n) is 14.5. The maximum atomic E-state index is 13.1. The van der Waals surface area contributed by atoms with Crippen LogP contribution in [0.4, 0.5) is 0 Å². The number of carbonyl (C=O) groups is 2. The van der Waals surface area contributed by atoms with Gasteiger partial charge in [0.15, 0.2) is 6.04 Å². The maximum Gasteiger partial charge on any atom is 0.278 e. The molecule has 0 heterocycles. The normalized spacial score (nSPS) is 13.0. The fourth-order valence-corrected chi connectivity index (χ4v) is 6.64. The number of nitrogens with zero attached hydrogens (tertiary/aromatic N) is 1. The molecule has 0 spiro atoms. The number of rotatable bonds is 21. The summed E-state index contributed by atoms with van der Waals surface area (Å²) >= 11 is 0. The molecule has 1 aliphatic carbocycles. The third-order valence-corrected chi connectivity index (χ3v) is 9.57. The van der Waals surface area contributed by atoms with Crippen LogP contribution in [-0.4, -0.2) is 50.1 Å². The summed E-state index contributed by atoms with van der Waals surface area (Å²) in [5.41, 5.74) is 4.84. The highest BCUT2D eigenvalue weighted by Crippen LogP contribution is 2.32. The van der Waals surface area contributed by atoms with Crippen molar-refractivity contribution in [2.45, 2.75) is 122 Å². The van der Waals surface area contributed by atoms with Gasteiger partial charge in [-0.3, -0.25) is 4.79 Å². The predicted octanol–water partition coefficient (Wildman–Crippen LogP) is 8.82. The zero-order valence-corrected chi connectivity index (χ0v) is 30.4. The van der Waals surface area contributed by atoms with Crippen molar-refractivity contribution in [3.05, 3.63) is 89.5 Å². The van der Waals surface area contributed by atoms with Crippen LogP contribution in [0.25, 0.3) is 16.3 Å². The minimum atomic E-state index is -1.04. The maximum absolute atomic E-state index is 13.1. The minimum Gasteiger partial charge on any atom is -0.550 e. The first kappa shape index (κ1) is 39.0. The average molecular weight is 655 g/mol. The zero-order chi connectivity index (χ0) is 34.6. The number of carboxylic acids is 1. The fourth-order valence-electron chi connectivity index (χ4n) is 6.64. The molecule has 1 aliphatic rings. The van der Waals surface area contributed by atoms with E-state index in [1.165, 1.54) is 100 Å². The van der Waals surface area contributed by atoms with Crippen LogP contribution in [0, 0.1) is 0 Å².